The van der Waals surface area contributed by atoms with Gasteiger partial charge in [-0.1, -0.05) is 0 Å². The fraction of sp³-hybridized carbons (Fsp3) is 0.571. The summed E-state index contributed by atoms with van der Waals surface area (Å²) in [5.74, 6) is 1.79. The molecule has 0 amide bonds. The van der Waals surface area contributed by atoms with Gasteiger partial charge in [-0.15, -0.1) is 11.8 Å². The van der Waals surface area contributed by atoms with Crippen LogP contribution in [-0.2, 0) is 6.42 Å². The second-order valence-corrected chi connectivity index (χ2v) is 6.14. The van der Waals surface area contributed by atoms with Crippen LogP contribution in [0.5, 0.6) is 5.75 Å². The Morgan fingerprint density at radius 1 is 1.50 bits per heavy atom. The van der Waals surface area contributed by atoms with Gasteiger partial charge in [0.25, 0.3) is 0 Å². The van der Waals surface area contributed by atoms with Gasteiger partial charge in [-0.25, -0.2) is 0 Å². The molecule has 3 N–H and O–H groups in total. The van der Waals surface area contributed by atoms with E-state index in [1.807, 2.05) is 0 Å². The van der Waals surface area contributed by atoms with Gasteiger partial charge in [0.2, 0.25) is 0 Å². The summed E-state index contributed by atoms with van der Waals surface area (Å²) in [6.45, 7) is 4.49. The van der Waals surface area contributed by atoms with Crippen LogP contribution in [0.15, 0.2) is 11.0 Å². The standard InChI is InChI=1S/C14H21NO2S/c1-9-6-12(17-3)13-11(10(9)2)7-14(16,8-15)4-5-18-13/h6,16H,4-5,7-8,15H2,1-3H3. The number of aryl methyl sites for hydroxylation is 1. The molecule has 1 aliphatic rings. The molecule has 0 aromatic heterocycles. The Morgan fingerprint density at radius 3 is 2.83 bits per heavy atom. The van der Waals surface area contributed by atoms with Gasteiger partial charge in [-0.05, 0) is 43.0 Å². The molecule has 4 heteroatoms. The highest BCUT2D eigenvalue weighted by Gasteiger charge is 2.31. The molecule has 1 aromatic carbocycles. The number of rotatable bonds is 2. The Balaban J connectivity index is 2.56. The first kappa shape index (κ1) is 13.7. The molecule has 1 aromatic rings. The number of hydrogen-bond acceptors (Lipinski definition) is 4. The van der Waals surface area contributed by atoms with Crippen LogP contribution in [0.2, 0.25) is 0 Å². The second-order valence-electron chi connectivity index (χ2n) is 5.03. The third-order valence-electron chi connectivity index (χ3n) is 3.81. The molecule has 0 saturated carbocycles. The van der Waals surface area contributed by atoms with Crippen LogP contribution in [0, 0.1) is 13.8 Å². The lowest BCUT2D eigenvalue weighted by molar-refractivity contribution is 0.0469. The molecule has 1 unspecified atom stereocenters. The summed E-state index contributed by atoms with van der Waals surface area (Å²) in [7, 11) is 1.70. The molecule has 18 heavy (non-hydrogen) atoms. The van der Waals surface area contributed by atoms with Crippen molar-refractivity contribution < 1.29 is 9.84 Å². The Bertz CT molecular complexity index is 462. The van der Waals surface area contributed by atoms with Crippen LogP contribution in [0.4, 0.5) is 0 Å². The molecular formula is C14H21NO2S. The number of fused-ring (bicyclic) bond motifs is 1. The Labute approximate surface area is 113 Å². The summed E-state index contributed by atoms with van der Waals surface area (Å²) < 4.78 is 5.47. The van der Waals surface area contributed by atoms with Gasteiger partial charge in [0.15, 0.2) is 0 Å². The van der Waals surface area contributed by atoms with Crippen molar-refractivity contribution in [1.29, 1.82) is 0 Å². The molecule has 0 radical (unpaired) electrons. The predicted molar refractivity (Wildman–Crippen MR) is 75.5 cm³/mol. The summed E-state index contributed by atoms with van der Waals surface area (Å²) in [4.78, 5) is 1.17. The highest BCUT2D eigenvalue weighted by Crippen LogP contribution is 2.41. The molecule has 0 bridgehead atoms. The summed E-state index contributed by atoms with van der Waals surface area (Å²) in [5.41, 5.74) is 8.60. The summed E-state index contributed by atoms with van der Waals surface area (Å²) in [6.07, 6.45) is 1.35. The van der Waals surface area contributed by atoms with Crippen LogP contribution in [-0.4, -0.2) is 30.1 Å². The van der Waals surface area contributed by atoms with E-state index in [-0.39, 0.29) is 0 Å². The van der Waals surface area contributed by atoms with Crippen molar-refractivity contribution in [1.82, 2.24) is 0 Å². The molecule has 1 atom stereocenters. The van der Waals surface area contributed by atoms with Crippen molar-refractivity contribution in [2.45, 2.75) is 37.2 Å². The highest BCUT2D eigenvalue weighted by atomic mass is 32.2. The van der Waals surface area contributed by atoms with E-state index < -0.39 is 5.60 Å². The SMILES string of the molecule is COc1cc(C)c(C)c2c1SCCC(O)(CN)C2. The van der Waals surface area contributed by atoms with Crippen molar-refractivity contribution in [3.63, 3.8) is 0 Å². The van der Waals surface area contributed by atoms with E-state index in [2.05, 4.69) is 19.9 Å². The number of methoxy groups -OCH3 is 1. The van der Waals surface area contributed by atoms with E-state index in [0.29, 0.717) is 13.0 Å². The minimum Gasteiger partial charge on any atom is -0.496 e. The second kappa shape index (κ2) is 5.11. The van der Waals surface area contributed by atoms with Gasteiger partial charge < -0.3 is 15.6 Å². The maximum Gasteiger partial charge on any atom is 0.132 e. The first-order valence-electron chi connectivity index (χ1n) is 6.23. The van der Waals surface area contributed by atoms with Gasteiger partial charge in [-0.3, -0.25) is 0 Å². The van der Waals surface area contributed by atoms with Gasteiger partial charge in [0, 0.05) is 18.7 Å². The van der Waals surface area contributed by atoms with Gasteiger partial charge in [-0.2, -0.15) is 0 Å². The van der Waals surface area contributed by atoms with E-state index in [0.717, 1.165) is 17.9 Å². The Kier molecular flexibility index (Phi) is 3.90. The number of aliphatic hydroxyl groups is 1. The molecule has 0 fully saturated rings. The van der Waals surface area contributed by atoms with E-state index in [4.69, 9.17) is 10.5 Å². The third kappa shape index (κ3) is 2.37. The lowest BCUT2D eigenvalue weighted by atomic mass is 9.88. The zero-order valence-electron chi connectivity index (χ0n) is 11.2. The molecular weight excluding hydrogens is 246 g/mol. The van der Waals surface area contributed by atoms with E-state index >= 15 is 0 Å². The first-order chi connectivity index (χ1) is 8.50. The smallest absolute Gasteiger partial charge is 0.132 e. The predicted octanol–water partition coefficient (Wildman–Crippen LogP) is 2.04. The number of thioether (sulfide) groups is 1. The number of benzene rings is 1. The maximum atomic E-state index is 10.5. The minimum atomic E-state index is -0.776. The van der Waals surface area contributed by atoms with E-state index in [1.54, 1.807) is 18.9 Å². The van der Waals surface area contributed by atoms with Crippen molar-refractivity contribution >= 4 is 11.8 Å². The monoisotopic (exact) mass is 267 g/mol. The van der Waals surface area contributed by atoms with Crippen LogP contribution in [0.3, 0.4) is 0 Å². The van der Waals surface area contributed by atoms with Crippen LogP contribution < -0.4 is 10.5 Å². The van der Waals surface area contributed by atoms with Gasteiger partial charge in [0.05, 0.1) is 17.6 Å². The fourth-order valence-electron chi connectivity index (χ4n) is 2.38. The van der Waals surface area contributed by atoms with Crippen LogP contribution in [0.1, 0.15) is 23.1 Å². The first-order valence-corrected chi connectivity index (χ1v) is 7.21. The quantitative estimate of drug-likeness (QED) is 0.861. The van der Waals surface area contributed by atoms with Crippen molar-refractivity contribution in [3.05, 3.63) is 22.8 Å². The lowest BCUT2D eigenvalue weighted by Crippen LogP contribution is -2.40. The topological polar surface area (TPSA) is 55.5 Å². The molecule has 0 aliphatic carbocycles. The average Bonchev–Trinajstić information content (AvgIpc) is 2.54. The molecule has 0 spiro atoms. The van der Waals surface area contributed by atoms with E-state index in [1.165, 1.54) is 21.6 Å². The van der Waals surface area contributed by atoms with Gasteiger partial charge in [0.1, 0.15) is 5.75 Å². The van der Waals surface area contributed by atoms with Gasteiger partial charge >= 0.3 is 0 Å². The summed E-state index contributed by atoms with van der Waals surface area (Å²) in [5, 5.41) is 10.5. The zero-order valence-corrected chi connectivity index (χ0v) is 12.1. The van der Waals surface area contributed by atoms with Crippen molar-refractivity contribution in [2.24, 2.45) is 5.73 Å². The Morgan fingerprint density at radius 2 is 2.22 bits per heavy atom. The summed E-state index contributed by atoms with van der Waals surface area (Å²) >= 11 is 1.76. The minimum absolute atomic E-state index is 0.308. The fourth-order valence-corrected chi connectivity index (χ4v) is 3.76. The van der Waals surface area contributed by atoms with Crippen molar-refractivity contribution in [2.75, 3.05) is 19.4 Å². The number of hydrogen-bond donors (Lipinski definition) is 2. The Hall–Kier alpha value is -0.710. The number of nitrogens with two attached hydrogens (primary N) is 1. The maximum absolute atomic E-state index is 10.5. The normalized spacial score (nSPS) is 23.4. The molecule has 0 saturated heterocycles. The molecule has 3 nitrogen and oxygen atoms in total. The lowest BCUT2D eigenvalue weighted by Gasteiger charge is -2.25. The largest absolute Gasteiger partial charge is 0.496 e. The summed E-state index contributed by atoms with van der Waals surface area (Å²) in [6, 6.07) is 2.08. The van der Waals surface area contributed by atoms with Crippen molar-refractivity contribution in [3.8, 4) is 5.75 Å². The molecule has 100 valence electrons. The molecule has 2 rings (SSSR count). The van der Waals surface area contributed by atoms with Crippen LogP contribution in [0.25, 0.3) is 0 Å². The third-order valence-corrected chi connectivity index (χ3v) is 4.95. The molecule has 1 aliphatic heterocycles. The average molecular weight is 267 g/mol. The molecule has 1 heterocycles. The zero-order chi connectivity index (χ0) is 13.3. The highest BCUT2D eigenvalue weighted by molar-refractivity contribution is 7.99. The van der Waals surface area contributed by atoms with Crippen LogP contribution >= 0.6 is 11.8 Å². The number of ether oxygens (including phenoxy) is 1. The van der Waals surface area contributed by atoms with E-state index in [9.17, 15) is 5.11 Å².